The van der Waals surface area contributed by atoms with Crippen LogP contribution < -0.4 is 11.0 Å². The van der Waals surface area contributed by atoms with Crippen LogP contribution in [0.5, 0.6) is 0 Å². The highest BCUT2D eigenvalue weighted by Crippen LogP contribution is 2.35. The number of aromatic nitrogens is 3. The van der Waals surface area contributed by atoms with E-state index in [-0.39, 0.29) is 23.7 Å². The molecule has 3 rings (SSSR count). The van der Waals surface area contributed by atoms with Gasteiger partial charge < -0.3 is 15.0 Å². The fourth-order valence-electron chi connectivity index (χ4n) is 4.05. The number of hydrogen-bond acceptors (Lipinski definition) is 6. The van der Waals surface area contributed by atoms with Crippen molar-refractivity contribution in [2.45, 2.75) is 79.3 Å². The third kappa shape index (κ3) is 6.44. The summed E-state index contributed by atoms with van der Waals surface area (Å²) in [6.45, 7) is 15.6. The van der Waals surface area contributed by atoms with E-state index in [1.54, 1.807) is 41.3 Å². The molecule has 1 fully saturated rings. The van der Waals surface area contributed by atoms with Crippen molar-refractivity contribution in [1.29, 1.82) is 0 Å². The van der Waals surface area contributed by atoms with Gasteiger partial charge in [-0.25, -0.2) is 14.2 Å². The van der Waals surface area contributed by atoms with Crippen LogP contribution in [0.1, 0.15) is 72.5 Å². The van der Waals surface area contributed by atoms with Gasteiger partial charge in [-0.15, -0.1) is 0 Å². The minimum absolute atomic E-state index is 0.00929. The van der Waals surface area contributed by atoms with E-state index in [1.165, 1.54) is 6.08 Å². The Kier molecular flexibility index (Phi) is 12.7. The molecule has 1 saturated carbocycles. The van der Waals surface area contributed by atoms with Gasteiger partial charge in [-0.2, -0.15) is 0 Å². The summed E-state index contributed by atoms with van der Waals surface area (Å²) in [5, 5.41) is 3.38. The summed E-state index contributed by atoms with van der Waals surface area (Å²) in [5.74, 6) is 0.361. The molecule has 36 heavy (non-hydrogen) atoms. The lowest BCUT2D eigenvalue weighted by molar-refractivity contribution is -0.129. The second kappa shape index (κ2) is 14.9. The van der Waals surface area contributed by atoms with Crippen LogP contribution >= 0.6 is 0 Å². The van der Waals surface area contributed by atoms with Gasteiger partial charge in [0.1, 0.15) is 0 Å². The molecule has 0 aliphatic heterocycles. The highest BCUT2D eigenvalue weighted by atomic mass is 16.5. The molecular weight excluding hydrogens is 456 g/mol. The Bertz CT molecular complexity index is 1120. The molecule has 0 radical (unpaired) electrons. The number of rotatable bonds is 8. The molecule has 2 aromatic rings. The molecule has 0 unspecified atom stereocenters. The average Bonchev–Trinajstić information content (AvgIpc) is 3.33. The van der Waals surface area contributed by atoms with Crippen LogP contribution in [0, 0.1) is 0 Å². The van der Waals surface area contributed by atoms with Crippen LogP contribution in [-0.4, -0.2) is 57.9 Å². The Morgan fingerprint density at radius 2 is 1.94 bits per heavy atom. The van der Waals surface area contributed by atoms with E-state index >= 15 is 0 Å². The number of likely N-dealkylation sites (N-methyl/N-ethyl adjacent to an activating group) is 1. The standard InChI is InChI=1S/C23H32N6O3.2C2H6/c1-7-10-18(22(24-4)32-6)26-19-14-28(17-11-16(12-17)27(5)20(30)9-3)23(31)29-15(8-2)13-25-21(19)29;2*1-2/h9-10,13-14,16-17,26H,3,7-8,11-12H2,1-2,4-6H3;2*1-2H3/b18-10+,24-22?;;. The number of carbonyl (C=O) groups excluding carboxylic acids is 1. The van der Waals surface area contributed by atoms with Crippen molar-refractivity contribution in [3.63, 3.8) is 0 Å². The molecule has 0 atom stereocenters. The van der Waals surface area contributed by atoms with Crippen molar-refractivity contribution in [2.24, 2.45) is 4.99 Å². The Morgan fingerprint density at radius 1 is 1.31 bits per heavy atom. The number of ether oxygens (including phenoxy) is 1. The van der Waals surface area contributed by atoms with E-state index in [9.17, 15) is 9.59 Å². The number of aryl methyl sites for hydroxylation is 1. The molecule has 1 N–H and O–H groups in total. The molecular formula is C27H44N6O3. The Morgan fingerprint density at radius 3 is 2.44 bits per heavy atom. The second-order valence-corrected chi connectivity index (χ2v) is 7.81. The minimum Gasteiger partial charge on any atom is -0.480 e. The number of hydrogen-bond donors (Lipinski definition) is 1. The number of fused-ring (bicyclic) bond motifs is 1. The van der Waals surface area contributed by atoms with Crippen LogP contribution in [0.3, 0.4) is 0 Å². The molecule has 1 aliphatic rings. The Hall–Kier alpha value is -3.36. The third-order valence-electron chi connectivity index (χ3n) is 5.97. The number of nitrogens with one attached hydrogen (secondary N) is 1. The monoisotopic (exact) mass is 500 g/mol. The summed E-state index contributed by atoms with van der Waals surface area (Å²) in [6, 6.07) is 0.0748. The molecule has 1 aliphatic carbocycles. The quantitative estimate of drug-likeness (QED) is 0.318. The van der Waals surface area contributed by atoms with Crippen molar-refractivity contribution in [3.05, 3.63) is 53.0 Å². The molecule has 2 heterocycles. The number of amides is 1. The third-order valence-corrected chi connectivity index (χ3v) is 5.97. The second-order valence-electron chi connectivity index (χ2n) is 7.81. The number of imidazole rings is 1. The first-order valence-corrected chi connectivity index (χ1v) is 12.9. The first kappa shape index (κ1) is 30.7. The molecule has 0 bridgehead atoms. The maximum absolute atomic E-state index is 13.4. The van der Waals surface area contributed by atoms with Gasteiger partial charge >= 0.3 is 5.69 Å². The van der Waals surface area contributed by atoms with E-state index in [0.717, 1.165) is 12.1 Å². The van der Waals surface area contributed by atoms with E-state index in [1.807, 2.05) is 53.8 Å². The fraction of sp³-hybridized carbons (Fsp3) is 0.556. The van der Waals surface area contributed by atoms with Crippen LogP contribution in [-0.2, 0) is 16.0 Å². The molecule has 0 spiro atoms. The Balaban J connectivity index is 0.00000154. The number of allylic oxidation sites excluding steroid dienone is 1. The van der Waals surface area contributed by atoms with Crippen molar-refractivity contribution in [2.75, 3.05) is 26.5 Å². The molecule has 200 valence electrons. The van der Waals surface area contributed by atoms with Crippen molar-refractivity contribution >= 4 is 23.1 Å². The van der Waals surface area contributed by atoms with Crippen molar-refractivity contribution < 1.29 is 9.53 Å². The summed E-state index contributed by atoms with van der Waals surface area (Å²) in [5.41, 5.74) is 2.69. The minimum atomic E-state index is -0.127. The fourth-order valence-corrected chi connectivity index (χ4v) is 4.05. The van der Waals surface area contributed by atoms with Gasteiger partial charge in [-0.05, 0) is 31.8 Å². The van der Waals surface area contributed by atoms with E-state index in [4.69, 9.17) is 4.74 Å². The average molecular weight is 501 g/mol. The lowest BCUT2D eigenvalue weighted by Gasteiger charge is -2.41. The van der Waals surface area contributed by atoms with Gasteiger partial charge in [0.25, 0.3) is 0 Å². The summed E-state index contributed by atoms with van der Waals surface area (Å²) in [6.07, 6.45) is 9.72. The smallest absolute Gasteiger partial charge is 0.334 e. The molecule has 2 aromatic heterocycles. The van der Waals surface area contributed by atoms with Crippen LogP contribution in [0.15, 0.2) is 46.6 Å². The maximum atomic E-state index is 13.4. The van der Waals surface area contributed by atoms with Gasteiger partial charge in [0.15, 0.2) is 5.65 Å². The van der Waals surface area contributed by atoms with E-state index in [2.05, 4.69) is 21.9 Å². The zero-order valence-corrected chi connectivity index (χ0v) is 23.5. The first-order valence-electron chi connectivity index (χ1n) is 12.9. The number of aliphatic imine (C=N–C) groups is 1. The number of anilines is 1. The highest BCUT2D eigenvalue weighted by molar-refractivity contribution is 5.97. The first-order chi connectivity index (χ1) is 17.4. The van der Waals surface area contributed by atoms with Gasteiger partial charge in [-0.1, -0.05) is 54.2 Å². The van der Waals surface area contributed by atoms with Crippen LogP contribution in [0.2, 0.25) is 0 Å². The summed E-state index contributed by atoms with van der Waals surface area (Å²) < 4.78 is 8.82. The predicted molar refractivity (Wildman–Crippen MR) is 149 cm³/mol. The van der Waals surface area contributed by atoms with E-state index in [0.29, 0.717) is 42.2 Å². The normalized spacial score (nSPS) is 17.1. The van der Waals surface area contributed by atoms with Crippen LogP contribution in [0.25, 0.3) is 5.65 Å². The SMILES string of the molecule is C=CC(=O)N(C)C1CC(n2cc(N/C(=C/CC)C(=NC)OC)c3ncc(CC)n3c2=O)C1.CC.CC. The molecule has 0 saturated heterocycles. The molecule has 9 heteroatoms. The summed E-state index contributed by atoms with van der Waals surface area (Å²) >= 11 is 0. The van der Waals surface area contributed by atoms with Gasteiger partial charge in [0.05, 0.1) is 18.5 Å². The van der Waals surface area contributed by atoms with Gasteiger partial charge in [0.2, 0.25) is 11.8 Å². The number of nitrogens with zero attached hydrogens (tertiary/aromatic N) is 5. The van der Waals surface area contributed by atoms with Crippen molar-refractivity contribution in [1.82, 2.24) is 18.9 Å². The number of methoxy groups -OCH3 is 1. The number of carbonyl (C=O) groups is 1. The summed E-state index contributed by atoms with van der Waals surface area (Å²) in [7, 11) is 5.01. The highest BCUT2D eigenvalue weighted by Gasteiger charge is 2.36. The van der Waals surface area contributed by atoms with Gasteiger partial charge in [0, 0.05) is 44.3 Å². The van der Waals surface area contributed by atoms with Gasteiger partial charge in [-0.3, -0.25) is 14.4 Å². The maximum Gasteiger partial charge on any atom is 0.334 e. The van der Waals surface area contributed by atoms with Crippen LogP contribution in [0.4, 0.5) is 5.69 Å². The zero-order chi connectivity index (χ0) is 27.4. The Labute approximate surface area is 215 Å². The zero-order valence-electron chi connectivity index (χ0n) is 23.5. The molecule has 9 nitrogen and oxygen atoms in total. The van der Waals surface area contributed by atoms with E-state index < -0.39 is 0 Å². The lowest BCUT2D eigenvalue weighted by Crippen LogP contribution is -2.48. The topological polar surface area (TPSA) is 93.2 Å². The predicted octanol–water partition coefficient (Wildman–Crippen LogP) is 4.84. The lowest BCUT2D eigenvalue weighted by atomic mass is 9.85. The molecule has 0 aromatic carbocycles. The largest absolute Gasteiger partial charge is 0.480 e. The molecule has 1 amide bonds. The van der Waals surface area contributed by atoms with Crippen molar-refractivity contribution in [3.8, 4) is 0 Å². The summed E-state index contributed by atoms with van der Waals surface area (Å²) in [4.78, 5) is 35.7.